The quantitative estimate of drug-likeness (QED) is 0.531. The molecule has 0 spiro atoms. The molecule has 0 aliphatic carbocycles. The minimum Gasteiger partial charge on any atom is -0.456 e. The van der Waals surface area contributed by atoms with Crippen LogP contribution in [-0.4, -0.2) is 59.1 Å². The third-order valence-corrected chi connectivity index (χ3v) is 5.69. The number of para-hydroxylation sites is 1. The Morgan fingerprint density at radius 2 is 1.81 bits per heavy atom. The van der Waals surface area contributed by atoms with E-state index < -0.39 is 5.97 Å². The number of esters is 1. The zero-order valence-electron chi connectivity index (χ0n) is 17.4. The molecule has 0 saturated carbocycles. The summed E-state index contributed by atoms with van der Waals surface area (Å²) in [6.45, 7) is 2.28. The Hall–Kier alpha value is -3.39. The predicted octanol–water partition coefficient (Wildman–Crippen LogP) is 2.33. The van der Waals surface area contributed by atoms with Crippen LogP contribution in [0, 0.1) is 0 Å². The van der Waals surface area contributed by atoms with Gasteiger partial charge in [0.2, 0.25) is 0 Å². The van der Waals surface area contributed by atoms with Gasteiger partial charge in [0.1, 0.15) is 0 Å². The number of benzene rings is 2. The summed E-state index contributed by atoms with van der Waals surface area (Å²) in [5, 5.41) is 1.17. The molecule has 9 heteroatoms. The first-order valence-electron chi connectivity index (χ1n) is 10.4. The molecule has 32 heavy (non-hydrogen) atoms. The molecule has 1 saturated heterocycles. The van der Waals surface area contributed by atoms with Gasteiger partial charge in [-0.05, 0) is 30.3 Å². The van der Waals surface area contributed by atoms with Crippen LogP contribution in [0.5, 0.6) is 0 Å². The van der Waals surface area contributed by atoms with Crippen LogP contribution in [0.2, 0.25) is 5.02 Å². The molecule has 166 valence electrons. The number of rotatable bonds is 6. The number of aromatic nitrogens is 2. The number of nitrogens with zero attached hydrogens (tertiary/aromatic N) is 4. The predicted molar refractivity (Wildman–Crippen MR) is 122 cm³/mol. The molecule has 1 aliphatic heterocycles. The minimum absolute atomic E-state index is 0.0181. The number of carbonyl (C=O) groups excluding carboxylic acids is 2. The molecule has 4 rings (SSSR count). The van der Waals surface area contributed by atoms with Gasteiger partial charge >= 0.3 is 5.97 Å². The standard InChI is InChI=1S/C23H23ClN4O4/c24-17-4-3-5-18(14-17)26-10-12-27(13-11-26)21(29)15-32-22(30)8-9-28-16-25-20-7-2-1-6-19(20)23(28)31/h1-7,14,16H,8-13,15H2. The molecule has 3 aromatic rings. The van der Waals surface area contributed by atoms with Gasteiger partial charge in [-0.25, -0.2) is 4.98 Å². The number of hydrogen-bond donors (Lipinski definition) is 0. The molecule has 0 N–H and O–H groups in total. The zero-order chi connectivity index (χ0) is 22.5. The van der Waals surface area contributed by atoms with Crippen molar-refractivity contribution in [3.63, 3.8) is 0 Å². The molecule has 0 bridgehead atoms. The van der Waals surface area contributed by atoms with Gasteiger partial charge in [0.25, 0.3) is 11.5 Å². The molecule has 1 aromatic heterocycles. The van der Waals surface area contributed by atoms with Gasteiger partial charge in [-0.1, -0.05) is 29.8 Å². The van der Waals surface area contributed by atoms with Gasteiger partial charge in [-0.15, -0.1) is 0 Å². The molecule has 1 fully saturated rings. The summed E-state index contributed by atoms with van der Waals surface area (Å²) in [4.78, 5) is 45.1. The molecule has 8 nitrogen and oxygen atoms in total. The van der Waals surface area contributed by atoms with Gasteiger partial charge in [0.05, 0.1) is 23.7 Å². The van der Waals surface area contributed by atoms with Gasteiger partial charge < -0.3 is 14.5 Å². The maximum absolute atomic E-state index is 12.5. The molecule has 0 atom stereocenters. The fourth-order valence-corrected chi connectivity index (χ4v) is 3.85. The molecule has 2 heterocycles. The molecular weight excluding hydrogens is 432 g/mol. The Labute approximate surface area is 190 Å². The first kappa shape index (κ1) is 21.8. The number of hydrogen-bond acceptors (Lipinski definition) is 6. The maximum atomic E-state index is 12.5. The number of anilines is 1. The first-order chi connectivity index (χ1) is 15.5. The van der Waals surface area contributed by atoms with Crippen LogP contribution < -0.4 is 10.5 Å². The third kappa shape index (κ3) is 5.08. The van der Waals surface area contributed by atoms with E-state index in [1.807, 2.05) is 30.3 Å². The number of ether oxygens (including phenoxy) is 1. The second-order valence-corrected chi connectivity index (χ2v) is 7.96. The number of halogens is 1. The van der Waals surface area contributed by atoms with Crippen LogP contribution in [-0.2, 0) is 20.9 Å². The van der Waals surface area contributed by atoms with E-state index in [2.05, 4.69) is 9.88 Å². The van der Waals surface area contributed by atoms with E-state index >= 15 is 0 Å². The number of carbonyl (C=O) groups is 2. The largest absolute Gasteiger partial charge is 0.456 e. The zero-order valence-corrected chi connectivity index (χ0v) is 18.2. The lowest BCUT2D eigenvalue weighted by atomic mass is 10.2. The molecule has 1 amide bonds. The van der Waals surface area contributed by atoms with E-state index in [0.717, 1.165) is 5.69 Å². The number of aryl methyl sites for hydroxylation is 1. The Morgan fingerprint density at radius 1 is 1.03 bits per heavy atom. The Kier molecular flexibility index (Phi) is 6.70. The Morgan fingerprint density at radius 3 is 2.59 bits per heavy atom. The molecule has 0 unspecified atom stereocenters. The highest BCUT2D eigenvalue weighted by Crippen LogP contribution is 2.20. The summed E-state index contributed by atoms with van der Waals surface area (Å²) in [6.07, 6.45) is 1.40. The van der Waals surface area contributed by atoms with Crippen LogP contribution >= 0.6 is 11.6 Å². The number of piperazine rings is 1. The lowest BCUT2D eigenvalue weighted by molar-refractivity contribution is -0.152. The average molecular weight is 455 g/mol. The highest BCUT2D eigenvalue weighted by atomic mass is 35.5. The summed E-state index contributed by atoms with van der Waals surface area (Å²) in [5.41, 5.74) is 1.42. The van der Waals surface area contributed by atoms with Crippen LogP contribution in [0.3, 0.4) is 0 Å². The summed E-state index contributed by atoms with van der Waals surface area (Å²) in [5.74, 6) is -0.760. The lowest BCUT2D eigenvalue weighted by Gasteiger charge is -2.36. The van der Waals surface area contributed by atoms with E-state index in [1.54, 1.807) is 23.1 Å². The summed E-state index contributed by atoms with van der Waals surface area (Å²) >= 11 is 6.05. The molecule has 2 aromatic carbocycles. The number of fused-ring (bicyclic) bond motifs is 1. The van der Waals surface area contributed by atoms with Gasteiger partial charge in [0.15, 0.2) is 6.61 Å². The van der Waals surface area contributed by atoms with Crippen molar-refractivity contribution >= 4 is 40.1 Å². The van der Waals surface area contributed by atoms with Crippen molar-refractivity contribution in [3.05, 3.63) is 70.2 Å². The van der Waals surface area contributed by atoms with Crippen molar-refractivity contribution in [2.24, 2.45) is 0 Å². The van der Waals surface area contributed by atoms with E-state index in [4.69, 9.17) is 16.3 Å². The van der Waals surface area contributed by atoms with Crippen molar-refractivity contribution in [1.82, 2.24) is 14.5 Å². The topological polar surface area (TPSA) is 84.7 Å². The summed E-state index contributed by atoms with van der Waals surface area (Å²) < 4.78 is 6.51. The van der Waals surface area contributed by atoms with Crippen molar-refractivity contribution in [1.29, 1.82) is 0 Å². The van der Waals surface area contributed by atoms with Crippen molar-refractivity contribution in [2.45, 2.75) is 13.0 Å². The summed E-state index contributed by atoms with van der Waals surface area (Å²) in [6, 6.07) is 14.6. The van der Waals surface area contributed by atoms with E-state index in [-0.39, 0.29) is 31.0 Å². The Bertz CT molecular complexity index is 1190. The second kappa shape index (κ2) is 9.82. The van der Waals surface area contributed by atoms with Gasteiger partial charge in [0, 0.05) is 43.4 Å². The van der Waals surface area contributed by atoms with Crippen molar-refractivity contribution in [3.8, 4) is 0 Å². The lowest BCUT2D eigenvalue weighted by Crippen LogP contribution is -2.49. The summed E-state index contributed by atoms with van der Waals surface area (Å²) in [7, 11) is 0. The van der Waals surface area contributed by atoms with E-state index in [0.29, 0.717) is 42.1 Å². The SMILES string of the molecule is O=C(CCn1cnc2ccccc2c1=O)OCC(=O)N1CCN(c2cccc(Cl)c2)CC1. The number of amides is 1. The first-order valence-corrected chi connectivity index (χ1v) is 10.8. The van der Waals surface area contributed by atoms with Gasteiger partial charge in [-0.3, -0.25) is 19.0 Å². The smallest absolute Gasteiger partial charge is 0.308 e. The van der Waals surface area contributed by atoms with Crippen molar-refractivity contribution in [2.75, 3.05) is 37.7 Å². The fraction of sp³-hybridized carbons (Fsp3) is 0.304. The van der Waals surface area contributed by atoms with Crippen molar-refractivity contribution < 1.29 is 14.3 Å². The second-order valence-electron chi connectivity index (χ2n) is 7.52. The minimum atomic E-state index is -0.532. The van der Waals surface area contributed by atoms with E-state index in [1.165, 1.54) is 10.9 Å². The van der Waals surface area contributed by atoms with Gasteiger partial charge in [-0.2, -0.15) is 0 Å². The van der Waals surface area contributed by atoms with Crippen LogP contribution in [0.1, 0.15) is 6.42 Å². The maximum Gasteiger partial charge on any atom is 0.308 e. The highest BCUT2D eigenvalue weighted by molar-refractivity contribution is 6.30. The molecular formula is C23H23ClN4O4. The Balaban J connectivity index is 1.23. The molecule has 0 radical (unpaired) electrons. The fourth-order valence-electron chi connectivity index (χ4n) is 3.67. The van der Waals surface area contributed by atoms with Crippen LogP contribution in [0.25, 0.3) is 10.9 Å². The molecule has 1 aliphatic rings. The van der Waals surface area contributed by atoms with Crippen LogP contribution in [0.4, 0.5) is 5.69 Å². The van der Waals surface area contributed by atoms with Crippen LogP contribution in [0.15, 0.2) is 59.7 Å². The monoisotopic (exact) mass is 454 g/mol. The third-order valence-electron chi connectivity index (χ3n) is 5.45. The average Bonchev–Trinajstić information content (AvgIpc) is 2.82. The highest BCUT2D eigenvalue weighted by Gasteiger charge is 2.22. The normalized spacial score (nSPS) is 13.9. The van der Waals surface area contributed by atoms with E-state index in [9.17, 15) is 14.4 Å².